The molecule has 0 spiro atoms. The van der Waals surface area contributed by atoms with Gasteiger partial charge in [0.1, 0.15) is 0 Å². The van der Waals surface area contributed by atoms with Crippen LogP contribution in [0.1, 0.15) is 19.4 Å². The van der Waals surface area contributed by atoms with E-state index < -0.39 is 0 Å². The Bertz CT molecular complexity index is 482. The number of halogens is 1. The van der Waals surface area contributed by atoms with Gasteiger partial charge in [-0.05, 0) is 44.5 Å². The number of piperazine rings is 1. The summed E-state index contributed by atoms with van der Waals surface area (Å²) in [5.74, 6) is 0. The van der Waals surface area contributed by atoms with Crippen LogP contribution in [0.2, 0.25) is 0 Å². The van der Waals surface area contributed by atoms with E-state index in [0.29, 0.717) is 6.04 Å². The maximum Gasteiger partial charge on any atom is 0.321 e. The minimum Gasteiger partial charge on any atom is -0.322 e. The van der Waals surface area contributed by atoms with E-state index in [-0.39, 0.29) is 6.03 Å². The summed E-state index contributed by atoms with van der Waals surface area (Å²) in [6.45, 7) is 9.87. The molecule has 1 aromatic carbocycles. The second-order valence-electron chi connectivity index (χ2n) is 5.51. The van der Waals surface area contributed by atoms with Gasteiger partial charge in [0.15, 0.2) is 0 Å². The lowest BCUT2D eigenvalue weighted by atomic mass is 10.2. The van der Waals surface area contributed by atoms with E-state index in [2.05, 4.69) is 40.0 Å². The molecule has 2 rings (SSSR count). The van der Waals surface area contributed by atoms with Gasteiger partial charge in [0, 0.05) is 42.4 Å². The molecule has 1 aliphatic heterocycles. The van der Waals surface area contributed by atoms with Gasteiger partial charge in [0.2, 0.25) is 0 Å². The molecule has 1 heterocycles. The van der Waals surface area contributed by atoms with Gasteiger partial charge >= 0.3 is 6.03 Å². The number of anilines is 1. The van der Waals surface area contributed by atoms with E-state index >= 15 is 0 Å². The number of urea groups is 1. The zero-order valence-corrected chi connectivity index (χ0v) is 13.9. The molecular formula is C15H22BrN3O. The van der Waals surface area contributed by atoms with Crippen LogP contribution in [0.3, 0.4) is 0 Å². The summed E-state index contributed by atoms with van der Waals surface area (Å²) in [7, 11) is 0. The smallest absolute Gasteiger partial charge is 0.321 e. The number of nitrogens with one attached hydrogen (secondary N) is 1. The van der Waals surface area contributed by atoms with E-state index in [1.165, 1.54) is 0 Å². The average molecular weight is 340 g/mol. The van der Waals surface area contributed by atoms with E-state index in [0.717, 1.165) is 41.9 Å². The van der Waals surface area contributed by atoms with Gasteiger partial charge in [-0.2, -0.15) is 0 Å². The molecule has 0 aromatic heterocycles. The molecule has 0 saturated carbocycles. The summed E-state index contributed by atoms with van der Waals surface area (Å²) >= 11 is 3.43. The zero-order chi connectivity index (χ0) is 14.7. The molecule has 20 heavy (non-hydrogen) atoms. The lowest BCUT2D eigenvalue weighted by Crippen LogP contribution is -2.51. The van der Waals surface area contributed by atoms with Crippen molar-refractivity contribution in [2.75, 3.05) is 31.5 Å². The first kappa shape index (κ1) is 15.3. The average Bonchev–Trinajstić information content (AvgIpc) is 2.42. The van der Waals surface area contributed by atoms with Crippen LogP contribution in [0.25, 0.3) is 0 Å². The number of rotatable bonds is 2. The Morgan fingerprint density at radius 2 is 1.90 bits per heavy atom. The number of carbonyl (C=O) groups excluding carboxylic acids is 1. The van der Waals surface area contributed by atoms with Gasteiger partial charge in [0.05, 0.1) is 0 Å². The van der Waals surface area contributed by atoms with Crippen LogP contribution < -0.4 is 5.32 Å². The number of nitrogens with zero attached hydrogens (tertiary/aromatic N) is 2. The minimum atomic E-state index is -0.00108. The van der Waals surface area contributed by atoms with Crippen LogP contribution >= 0.6 is 15.9 Å². The summed E-state index contributed by atoms with van der Waals surface area (Å²) in [6.07, 6.45) is 0. The Morgan fingerprint density at radius 1 is 1.25 bits per heavy atom. The Hall–Kier alpha value is -1.07. The van der Waals surface area contributed by atoms with Crippen LogP contribution in [0.5, 0.6) is 0 Å². The lowest BCUT2D eigenvalue weighted by molar-refractivity contribution is 0.125. The highest BCUT2D eigenvalue weighted by atomic mass is 79.9. The summed E-state index contributed by atoms with van der Waals surface area (Å²) in [5.41, 5.74) is 1.94. The van der Waals surface area contributed by atoms with Crippen LogP contribution in [0.4, 0.5) is 10.5 Å². The van der Waals surface area contributed by atoms with Crippen LogP contribution in [0, 0.1) is 6.92 Å². The van der Waals surface area contributed by atoms with E-state index in [9.17, 15) is 4.79 Å². The molecule has 0 radical (unpaired) electrons. The van der Waals surface area contributed by atoms with E-state index in [1.807, 2.05) is 30.0 Å². The summed E-state index contributed by atoms with van der Waals surface area (Å²) < 4.78 is 1.03. The Balaban J connectivity index is 1.93. The third-order valence-corrected chi connectivity index (χ3v) is 4.26. The second kappa shape index (κ2) is 6.59. The van der Waals surface area contributed by atoms with Crippen molar-refractivity contribution in [3.63, 3.8) is 0 Å². The molecule has 1 fully saturated rings. The molecular weight excluding hydrogens is 318 g/mol. The van der Waals surface area contributed by atoms with Gasteiger partial charge in [-0.1, -0.05) is 15.9 Å². The summed E-state index contributed by atoms with van der Waals surface area (Å²) in [5, 5.41) is 3.00. The molecule has 1 saturated heterocycles. The van der Waals surface area contributed by atoms with Gasteiger partial charge < -0.3 is 10.2 Å². The van der Waals surface area contributed by atoms with Crippen molar-refractivity contribution in [3.8, 4) is 0 Å². The van der Waals surface area contributed by atoms with Crippen LogP contribution in [-0.4, -0.2) is 48.1 Å². The van der Waals surface area contributed by atoms with Crippen molar-refractivity contribution >= 4 is 27.6 Å². The fraction of sp³-hybridized carbons (Fsp3) is 0.533. The molecule has 1 aromatic rings. The first-order valence-electron chi connectivity index (χ1n) is 7.03. The predicted octanol–water partition coefficient (Wildman–Crippen LogP) is 3.32. The number of carbonyl (C=O) groups is 1. The van der Waals surface area contributed by atoms with Gasteiger partial charge in [-0.25, -0.2) is 4.79 Å². The normalized spacial score (nSPS) is 16.6. The molecule has 0 aliphatic carbocycles. The highest BCUT2D eigenvalue weighted by molar-refractivity contribution is 9.10. The monoisotopic (exact) mass is 339 g/mol. The van der Waals surface area contributed by atoms with Crippen molar-refractivity contribution in [2.45, 2.75) is 26.8 Å². The third-order valence-electron chi connectivity index (χ3n) is 3.76. The Kier molecular flexibility index (Phi) is 5.05. The summed E-state index contributed by atoms with van der Waals surface area (Å²) in [6, 6.07) is 6.43. The zero-order valence-electron chi connectivity index (χ0n) is 12.3. The highest BCUT2D eigenvalue weighted by Gasteiger charge is 2.22. The van der Waals surface area contributed by atoms with Gasteiger partial charge in [0.25, 0.3) is 0 Å². The van der Waals surface area contributed by atoms with Crippen LogP contribution in [-0.2, 0) is 0 Å². The minimum absolute atomic E-state index is 0.00108. The third kappa shape index (κ3) is 3.73. The maximum absolute atomic E-state index is 12.3. The number of benzene rings is 1. The standard InChI is InChI=1S/C15H22BrN3O/c1-11(2)18-6-8-19(9-7-18)15(20)17-14-5-4-13(16)10-12(14)3/h4-5,10-11H,6-9H2,1-3H3,(H,17,20). The van der Waals surface area contributed by atoms with Gasteiger partial charge in [-0.3, -0.25) is 4.90 Å². The molecule has 1 N–H and O–H groups in total. The molecule has 5 heteroatoms. The molecule has 2 amide bonds. The first-order valence-corrected chi connectivity index (χ1v) is 7.83. The largest absolute Gasteiger partial charge is 0.322 e. The SMILES string of the molecule is Cc1cc(Br)ccc1NC(=O)N1CCN(C(C)C)CC1. The number of hydrogen-bond acceptors (Lipinski definition) is 2. The van der Waals surface area contributed by atoms with Crippen molar-refractivity contribution in [2.24, 2.45) is 0 Å². The molecule has 4 nitrogen and oxygen atoms in total. The van der Waals surface area contributed by atoms with Crippen molar-refractivity contribution < 1.29 is 4.79 Å². The predicted molar refractivity (Wildman–Crippen MR) is 86.2 cm³/mol. The molecule has 1 aliphatic rings. The fourth-order valence-electron chi connectivity index (χ4n) is 2.40. The Labute approximate surface area is 129 Å². The molecule has 0 bridgehead atoms. The quantitative estimate of drug-likeness (QED) is 0.897. The number of hydrogen-bond donors (Lipinski definition) is 1. The van der Waals surface area contributed by atoms with E-state index in [1.54, 1.807) is 0 Å². The molecule has 0 atom stereocenters. The van der Waals surface area contributed by atoms with Crippen LogP contribution in [0.15, 0.2) is 22.7 Å². The topological polar surface area (TPSA) is 35.6 Å². The number of amides is 2. The van der Waals surface area contributed by atoms with Gasteiger partial charge in [-0.15, -0.1) is 0 Å². The number of aryl methyl sites for hydroxylation is 1. The highest BCUT2D eigenvalue weighted by Crippen LogP contribution is 2.20. The van der Waals surface area contributed by atoms with Crippen molar-refractivity contribution in [3.05, 3.63) is 28.2 Å². The molecule has 0 unspecified atom stereocenters. The lowest BCUT2D eigenvalue weighted by Gasteiger charge is -2.36. The van der Waals surface area contributed by atoms with E-state index in [4.69, 9.17) is 0 Å². The maximum atomic E-state index is 12.3. The molecule has 110 valence electrons. The second-order valence-corrected chi connectivity index (χ2v) is 6.42. The fourth-order valence-corrected chi connectivity index (χ4v) is 2.88. The Morgan fingerprint density at radius 3 is 2.45 bits per heavy atom. The first-order chi connectivity index (χ1) is 9.47. The van der Waals surface area contributed by atoms with Crippen molar-refractivity contribution in [1.82, 2.24) is 9.80 Å². The van der Waals surface area contributed by atoms with Crippen molar-refractivity contribution in [1.29, 1.82) is 0 Å². The summed E-state index contributed by atoms with van der Waals surface area (Å²) in [4.78, 5) is 16.6.